The molecule has 0 saturated carbocycles. The predicted octanol–water partition coefficient (Wildman–Crippen LogP) is 1.50. The van der Waals surface area contributed by atoms with E-state index in [1.165, 1.54) is 0 Å². The van der Waals surface area contributed by atoms with Crippen LogP contribution in [0.15, 0.2) is 10.7 Å². The number of nitrogens with zero attached hydrogens (tertiary/aromatic N) is 2. The molecule has 0 aromatic carbocycles. The number of likely N-dealkylation sites (N-methyl/N-ethyl adjacent to an activating group) is 1. The van der Waals surface area contributed by atoms with Gasteiger partial charge in [0.25, 0.3) is 5.70 Å². The summed E-state index contributed by atoms with van der Waals surface area (Å²) in [4.78, 5) is 12.8. The lowest BCUT2D eigenvalue weighted by Crippen LogP contribution is -2.31. The first-order valence-electron chi connectivity index (χ1n) is 5.65. The summed E-state index contributed by atoms with van der Waals surface area (Å²) in [5.74, 6) is 0.970. The summed E-state index contributed by atoms with van der Waals surface area (Å²) < 4.78 is 0. The van der Waals surface area contributed by atoms with Gasteiger partial charge < -0.3 is 5.32 Å². The molecule has 6 heteroatoms. The number of thioether (sulfide) groups is 1. The van der Waals surface area contributed by atoms with Crippen molar-refractivity contribution < 1.29 is 4.92 Å². The molecule has 0 atom stereocenters. The fraction of sp³-hybridized carbons (Fsp3) is 0.800. The van der Waals surface area contributed by atoms with Gasteiger partial charge in [-0.25, -0.2) is 0 Å². The van der Waals surface area contributed by atoms with Crippen molar-refractivity contribution in [3.63, 3.8) is 0 Å². The van der Waals surface area contributed by atoms with Crippen molar-refractivity contribution in [3.05, 3.63) is 20.8 Å². The molecule has 1 rings (SSSR count). The third-order valence-corrected chi connectivity index (χ3v) is 3.76. The van der Waals surface area contributed by atoms with Crippen molar-refractivity contribution in [1.82, 2.24) is 10.2 Å². The minimum Gasteiger partial charge on any atom is -0.374 e. The van der Waals surface area contributed by atoms with E-state index < -0.39 is 0 Å². The van der Waals surface area contributed by atoms with Crippen LogP contribution in [0.5, 0.6) is 0 Å². The second-order valence-corrected chi connectivity index (χ2v) is 4.73. The van der Waals surface area contributed by atoms with Gasteiger partial charge in [-0.1, -0.05) is 13.8 Å². The third-order valence-electron chi connectivity index (χ3n) is 2.60. The molecule has 0 aromatic heterocycles. The first-order valence-corrected chi connectivity index (χ1v) is 6.64. The highest BCUT2D eigenvalue weighted by atomic mass is 32.2. The van der Waals surface area contributed by atoms with Crippen LogP contribution in [0.1, 0.15) is 20.3 Å². The quantitative estimate of drug-likeness (QED) is 0.587. The zero-order chi connectivity index (χ0) is 12.0. The predicted molar refractivity (Wildman–Crippen MR) is 66.9 cm³/mol. The van der Waals surface area contributed by atoms with E-state index in [1.54, 1.807) is 11.8 Å². The largest absolute Gasteiger partial charge is 0.374 e. The summed E-state index contributed by atoms with van der Waals surface area (Å²) in [7, 11) is 0. The van der Waals surface area contributed by atoms with E-state index in [0.29, 0.717) is 12.2 Å². The van der Waals surface area contributed by atoms with E-state index in [0.717, 1.165) is 36.8 Å². The smallest absolute Gasteiger partial charge is 0.289 e. The standard InChI is InChI=1S/C10H19N3O2S/c1-3-12(4-2)8-9(13(14)15)10-11-6-5-7-16-10/h11H,3-8H2,1-2H3/b10-9+. The summed E-state index contributed by atoms with van der Waals surface area (Å²) in [6, 6.07) is 0. The lowest BCUT2D eigenvalue weighted by atomic mass is 10.4. The fourth-order valence-electron chi connectivity index (χ4n) is 1.56. The molecule has 0 amide bonds. The third kappa shape index (κ3) is 3.68. The van der Waals surface area contributed by atoms with Crippen LogP contribution >= 0.6 is 11.8 Å². The van der Waals surface area contributed by atoms with Crippen LogP contribution in [0.4, 0.5) is 0 Å². The van der Waals surface area contributed by atoms with E-state index in [-0.39, 0.29) is 4.92 Å². The molecule has 1 aliphatic heterocycles. The summed E-state index contributed by atoms with van der Waals surface area (Å²) in [5, 5.41) is 14.9. The van der Waals surface area contributed by atoms with E-state index >= 15 is 0 Å². The maximum absolute atomic E-state index is 11.0. The Balaban J connectivity index is 2.76. The van der Waals surface area contributed by atoms with E-state index in [4.69, 9.17) is 0 Å². The average molecular weight is 245 g/mol. The molecule has 0 bridgehead atoms. The second-order valence-electron chi connectivity index (χ2n) is 3.62. The Hall–Kier alpha value is -0.750. The highest BCUT2D eigenvalue weighted by molar-refractivity contribution is 8.03. The van der Waals surface area contributed by atoms with Crippen LogP contribution in [0.2, 0.25) is 0 Å². The molecule has 5 nitrogen and oxygen atoms in total. The molecule has 1 fully saturated rings. The van der Waals surface area contributed by atoms with Crippen LogP contribution in [0.3, 0.4) is 0 Å². The monoisotopic (exact) mass is 245 g/mol. The van der Waals surface area contributed by atoms with Crippen molar-refractivity contribution in [3.8, 4) is 0 Å². The van der Waals surface area contributed by atoms with Crippen LogP contribution in [0.25, 0.3) is 0 Å². The van der Waals surface area contributed by atoms with Gasteiger partial charge in [-0.3, -0.25) is 15.0 Å². The van der Waals surface area contributed by atoms with Crippen LogP contribution in [-0.4, -0.2) is 41.8 Å². The van der Waals surface area contributed by atoms with Crippen molar-refractivity contribution in [2.75, 3.05) is 31.9 Å². The molecule has 92 valence electrons. The molecule has 1 heterocycles. The topological polar surface area (TPSA) is 58.4 Å². The molecule has 1 N–H and O–H groups in total. The Morgan fingerprint density at radius 3 is 2.69 bits per heavy atom. The van der Waals surface area contributed by atoms with Gasteiger partial charge in [0.1, 0.15) is 5.03 Å². The maximum atomic E-state index is 11.0. The maximum Gasteiger partial charge on any atom is 0.289 e. The Kier molecular flexibility index (Phi) is 5.62. The van der Waals surface area contributed by atoms with Crippen molar-refractivity contribution in [1.29, 1.82) is 0 Å². The molecule has 1 saturated heterocycles. The van der Waals surface area contributed by atoms with Gasteiger partial charge in [-0.05, 0) is 19.5 Å². The zero-order valence-corrected chi connectivity index (χ0v) is 10.7. The van der Waals surface area contributed by atoms with E-state index in [2.05, 4.69) is 10.2 Å². The van der Waals surface area contributed by atoms with Gasteiger partial charge in [-0.2, -0.15) is 0 Å². The molecular weight excluding hydrogens is 226 g/mol. The van der Waals surface area contributed by atoms with Crippen molar-refractivity contribution in [2.45, 2.75) is 20.3 Å². The zero-order valence-electron chi connectivity index (χ0n) is 9.86. The normalized spacial score (nSPS) is 19.4. The molecule has 0 radical (unpaired) electrons. The van der Waals surface area contributed by atoms with Gasteiger partial charge >= 0.3 is 0 Å². The summed E-state index contributed by atoms with van der Waals surface area (Å²) in [6.07, 6.45) is 1.07. The van der Waals surface area contributed by atoms with E-state index in [1.807, 2.05) is 13.8 Å². The highest BCUT2D eigenvalue weighted by Crippen LogP contribution is 2.22. The first-order chi connectivity index (χ1) is 7.69. The van der Waals surface area contributed by atoms with Gasteiger partial charge in [0.15, 0.2) is 0 Å². The summed E-state index contributed by atoms with van der Waals surface area (Å²) >= 11 is 1.56. The second kappa shape index (κ2) is 6.75. The number of nitro groups is 1. The van der Waals surface area contributed by atoms with Crippen LogP contribution < -0.4 is 5.32 Å². The average Bonchev–Trinajstić information content (AvgIpc) is 2.31. The number of rotatable bonds is 5. The number of hydrogen-bond donors (Lipinski definition) is 1. The van der Waals surface area contributed by atoms with Gasteiger partial charge in [0.2, 0.25) is 0 Å². The van der Waals surface area contributed by atoms with Gasteiger partial charge in [0.05, 0.1) is 11.5 Å². The minimum atomic E-state index is -0.251. The molecule has 0 aliphatic carbocycles. The Morgan fingerprint density at radius 2 is 2.25 bits per heavy atom. The minimum absolute atomic E-state index is 0.251. The fourth-order valence-corrected chi connectivity index (χ4v) is 2.56. The Bertz CT molecular complexity index is 269. The summed E-state index contributed by atoms with van der Waals surface area (Å²) in [5.41, 5.74) is 0.313. The Morgan fingerprint density at radius 1 is 1.56 bits per heavy atom. The molecule has 16 heavy (non-hydrogen) atoms. The lowest BCUT2D eigenvalue weighted by molar-refractivity contribution is -0.428. The first kappa shape index (κ1) is 13.3. The molecule has 0 spiro atoms. The van der Waals surface area contributed by atoms with Crippen LogP contribution in [0, 0.1) is 10.1 Å². The molecule has 1 aliphatic rings. The molecule has 0 aromatic rings. The van der Waals surface area contributed by atoms with Crippen molar-refractivity contribution in [2.24, 2.45) is 0 Å². The molecule has 0 unspecified atom stereocenters. The van der Waals surface area contributed by atoms with Gasteiger partial charge in [-0.15, -0.1) is 11.8 Å². The SMILES string of the molecule is CCN(CC)C/C(=C1/NCCCS1)[N+](=O)[O-]. The lowest BCUT2D eigenvalue weighted by Gasteiger charge is -2.20. The summed E-state index contributed by atoms with van der Waals surface area (Å²) in [6.45, 7) is 6.99. The Labute approximate surface area is 100 Å². The van der Waals surface area contributed by atoms with Crippen molar-refractivity contribution >= 4 is 11.8 Å². The van der Waals surface area contributed by atoms with Gasteiger partial charge in [0, 0.05) is 12.3 Å². The molecular formula is C10H19N3O2S. The number of nitrogens with one attached hydrogen (secondary N) is 1. The highest BCUT2D eigenvalue weighted by Gasteiger charge is 2.22. The number of hydrogen-bond acceptors (Lipinski definition) is 5. The van der Waals surface area contributed by atoms with E-state index in [9.17, 15) is 10.1 Å². The van der Waals surface area contributed by atoms with Crippen LogP contribution in [-0.2, 0) is 0 Å².